The van der Waals surface area contributed by atoms with Gasteiger partial charge in [-0.05, 0) is 56.8 Å². The smallest absolute Gasteiger partial charge is 0.305 e. The lowest BCUT2D eigenvalue weighted by molar-refractivity contribution is -0.188. The first-order valence-electron chi connectivity index (χ1n) is 13.6. The van der Waals surface area contributed by atoms with Crippen LogP contribution in [0.25, 0.3) is 0 Å². The summed E-state index contributed by atoms with van der Waals surface area (Å²) in [5, 5.41) is 10.6. The van der Waals surface area contributed by atoms with E-state index in [2.05, 4.69) is 20.8 Å². The van der Waals surface area contributed by atoms with E-state index in [9.17, 15) is 9.90 Å². The SMILES string of the molecule is CCCCOC(=O)CCCCCC[C@@H]1[C@@H](CC[C@H](O)[C@@H](C)CCCC)CCC12OCCO2. The van der Waals surface area contributed by atoms with Crippen molar-refractivity contribution >= 4 is 5.97 Å². The van der Waals surface area contributed by atoms with Crippen LogP contribution in [0, 0.1) is 17.8 Å². The Labute approximate surface area is 197 Å². The third-order valence-electron chi connectivity index (χ3n) is 7.68. The zero-order chi connectivity index (χ0) is 23.2. The Kier molecular flexibility index (Phi) is 13.2. The summed E-state index contributed by atoms with van der Waals surface area (Å²) in [5.74, 6) is 0.980. The van der Waals surface area contributed by atoms with Crippen molar-refractivity contribution in [2.75, 3.05) is 19.8 Å². The number of aliphatic hydroxyl groups excluding tert-OH is 1. The zero-order valence-corrected chi connectivity index (χ0v) is 21.1. The molecule has 32 heavy (non-hydrogen) atoms. The van der Waals surface area contributed by atoms with Crippen LogP contribution in [0.1, 0.15) is 117 Å². The van der Waals surface area contributed by atoms with Gasteiger partial charge in [-0.2, -0.15) is 0 Å². The van der Waals surface area contributed by atoms with Gasteiger partial charge in [-0.1, -0.05) is 59.3 Å². The number of ether oxygens (including phenoxy) is 3. The second-order valence-corrected chi connectivity index (χ2v) is 10.2. The van der Waals surface area contributed by atoms with Crippen LogP contribution in [-0.2, 0) is 19.0 Å². The molecule has 0 amide bonds. The van der Waals surface area contributed by atoms with Gasteiger partial charge in [-0.25, -0.2) is 0 Å². The highest BCUT2D eigenvalue weighted by Crippen LogP contribution is 2.50. The molecule has 1 heterocycles. The van der Waals surface area contributed by atoms with Crippen molar-refractivity contribution in [1.29, 1.82) is 0 Å². The predicted octanol–water partition coefficient (Wildman–Crippen LogP) is 6.41. The van der Waals surface area contributed by atoms with Gasteiger partial charge in [0.25, 0.3) is 0 Å². The molecule has 0 unspecified atom stereocenters. The molecule has 5 nitrogen and oxygen atoms in total. The molecule has 5 heteroatoms. The third-order valence-corrected chi connectivity index (χ3v) is 7.68. The molecule has 0 aromatic carbocycles. The van der Waals surface area contributed by atoms with E-state index in [1.54, 1.807) is 0 Å². The van der Waals surface area contributed by atoms with E-state index >= 15 is 0 Å². The Morgan fingerprint density at radius 3 is 2.44 bits per heavy atom. The molecule has 2 aliphatic rings. The number of carbonyl (C=O) groups is 1. The molecule has 4 atom stereocenters. The Morgan fingerprint density at radius 2 is 1.72 bits per heavy atom. The molecule has 188 valence electrons. The van der Waals surface area contributed by atoms with Crippen molar-refractivity contribution in [1.82, 2.24) is 0 Å². The van der Waals surface area contributed by atoms with Crippen molar-refractivity contribution in [3.63, 3.8) is 0 Å². The minimum atomic E-state index is -0.369. The molecule has 2 rings (SSSR count). The summed E-state index contributed by atoms with van der Waals surface area (Å²) >= 11 is 0. The molecule has 2 fully saturated rings. The first-order chi connectivity index (χ1) is 15.5. The topological polar surface area (TPSA) is 65.0 Å². The average Bonchev–Trinajstić information content (AvgIpc) is 3.40. The van der Waals surface area contributed by atoms with Crippen molar-refractivity contribution in [3.8, 4) is 0 Å². The molecule has 0 aromatic rings. The van der Waals surface area contributed by atoms with Crippen LogP contribution in [0.15, 0.2) is 0 Å². The Hall–Kier alpha value is -0.650. The highest BCUT2D eigenvalue weighted by atomic mass is 16.7. The molecule has 1 saturated carbocycles. The second-order valence-electron chi connectivity index (χ2n) is 10.2. The minimum absolute atomic E-state index is 0.0484. The molecule has 1 aliphatic carbocycles. The van der Waals surface area contributed by atoms with E-state index < -0.39 is 0 Å². The number of hydrogen-bond acceptors (Lipinski definition) is 5. The Bertz CT molecular complexity index is 502. The van der Waals surface area contributed by atoms with Crippen LogP contribution in [0.4, 0.5) is 0 Å². The van der Waals surface area contributed by atoms with E-state index in [4.69, 9.17) is 14.2 Å². The summed E-state index contributed by atoms with van der Waals surface area (Å²) in [6.45, 7) is 8.48. The van der Waals surface area contributed by atoms with Crippen molar-refractivity contribution in [3.05, 3.63) is 0 Å². The normalized spacial score (nSPS) is 24.1. The summed E-state index contributed by atoms with van der Waals surface area (Å²) in [5.41, 5.74) is 0. The van der Waals surface area contributed by atoms with Crippen LogP contribution < -0.4 is 0 Å². The molecule has 0 bridgehead atoms. The Balaban J connectivity index is 1.71. The van der Waals surface area contributed by atoms with Gasteiger partial charge in [0.2, 0.25) is 0 Å². The van der Waals surface area contributed by atoms with Gasteiger partial charge in [0.15, 0.2) is 5.79 Å². The van der Waals surface area contributed by atoms with Crippen molar-refractivity contribution in [2.45, 2.75) is 129 Å². The minimum Gasteiger partial charge on any atom is -0.466 e. The highest BCUT2D eigenvalue weighted by Gasteiger charge is 2.51. The molecule has 1 N–H and O–H groups in total. The first-order valence-corrected chi connectivity index (χ1v) is 13.6. The number of unbranched alkanes of at least 4 members (excludes halogenated alkanes) is 5. The summed E-state index contributed by atoms with van der Waals surface area (Å²) in [6, 6.07) is 0. The van der Waals surface area contributed by atoms with Crippen molar-refractivity contribution in [2.24, 2.45) is 17.8 Å². The highest BCUT2D eigenvalue weighted by molar-refractivity contribution is 5.69. The predicted molar refractivity (Wildman–Crippen MR) is 128 cm³/mol. The lowest BCUT2D eigenvalue weighted by Gasteiger charge is -2.33. The van der Waals surface area contributed by atoms with E-state index in [1.807, 2.05) is 0 Å². The van der Waals surface area contributed by atoms with Crippen LogP contribution in [0.2, 0.25) is 0 Å². The fourth-order valence-electron chi connectivity index (χ4n) is 5.54. The standard InChI is InChI=1S/C27H50O5/c1-4-6-12-22(3)25(28)16-15-23-17-18-27(31-20-21-32-27)24(23)13-10-8-9-11-14-26(29)30-19-7-5-2/h22-25,28H,4-21H2,1-3H3/t22-,23-,24+,25-/m0/s1. The lowest BCUT2D eigenvalue weighted by Crippen LogP contribution is -2.37. The van der Waals surface area contributed by atoms with Gasteiger partial charge in [0.05, 0.1) is 25.9 Å². The van der Waals surface area contributed by atoms with E-state index in [-0.39, 0.29) is 17.9 Å². The van der Waals surface area contributed by atoms with Crippen LogP contribution in [0.3, 0.4) is 0 Å². The van der Waals surface area contributed by atoms with Gasteiger partial charge in [0.1, 0.15) is 0 Å². The van der Waals surface area contributed by atoms with Crippen LogP contribution >= 0.6 is 0 Å². The van der Waals surface area contributed by atoms with E-state index in [0.717, 1.165) is 77.0 Å². The molecular weight excluding hydrogens is 404 g/mol. The monoisotopic (exact) mass is 454 g/mol. The summed E-state index contributed by atoms with van der Waals surface area (Å²) in [4.78, 5) is 11.7. The van der Waals surface area contributed by atoms with E-state index in [0.29, 0.717) is 44.0 Å². The molecule has 1 saturated heterocycles. The summed E-state index contributed by atoms with van der Waals surface area (Å²) in [7, 11) is 0. The quantitative estimate of drug-likeness (QED) is 0.203. The molecule has 1 spiro atoms. The fourth-order valence-corrected chi connectivity index (χ4v) is 5.54. The fraction of sp³-hybridized carbons (Fsp3) is 0.963. The van der Waals surface area contributed by atoms with Gasteiger partial charge < -0.3 is 19.3 Å². The lowest BCUT2D eigenvalue weighted by atomic mass is 9.83. The number of carbonyl (C=O) groups excluding carboxylic acids is 1. The maximum Gasteiger partial charge on any atom is 0.305 e. The molecule has 0 radical (unpaired) electrons. The zero-order valence-electron chi connectivity index (χ0n) is 21.1. The van der Waals surface area contributed by atoms with Gasteiger partial charge >= 0.3 is 5.97 Å². The number of rotatable bonds is 17. The van der Waals surface area contributed by atoms with Gasteiger partial charge in [-0.15, -0.1) is 0 Å². The largest absolute Gasteiger partial charge is 0.466 e. The maximum absolute atomic E-state index is 11.7. The van der Waals surface area contributed by atoms with E-state index in [1.165, 1.54) is 12.8 Å². The maximum atomic E-state index is 11.7. The Morgan fingerprint density at radius 1 is 1.00 bits per heavy atom. The second kappa shape index (κ2) is 15.3. The van der Waals surface area contributed by atoms with Gasteiger partial charge in [-0.3, -0.25) is 4.79 Å². The molecule has 1 aliphatic heterocycles. The van der Waals surface area contributed by atoms with Crippen LogP contribution in [-0.4, -0.2) is 42.8 Å². The molecular formula is C27H50O5. The van der Waals surface area contributed by atoms with Crippen LogP contribution in [0.5, 0.6) is 0 Å². The molecule has 0 aromatic heterocycles. The number of esters is 1. The van der Waals surface area contributed by atoms with Gasteiger partial charge in [0, 0.05) is 18.8 Å². The number of aliphatic hydroxyl groups is 1. The average molecular weight is 455 g/mol. The third kappa shape index (κ3) is 8.95. The van der Waals surface area contributed by atoms with Crippen molar-refractivity contribution < 1.29 is 24.1 Å². The number of hydrogen-bond donors (Lipinski definition) is 1. The first kappa shape index (κ1) is 27.6. The summed E-state index contributed by atoms with van der Waals surface area (Å²) in [6.07, 6.45) is 15.4. The summed E-state index contributed by atoms with van der Waals surface area (Å²) < 4.78 is 17.6.